The molecule has 2 atom stereocenters. The number of ketones is 1. The van der Waals surface area contributed by atoms with Crippen molar-refractivity contribution in [3.63, 3.8) is 0 Å². The predicted molar refractivity (Wildman–Crippen MR) is 199 cm³/mol. The van der Waals surface area contributed by atoms with E-state index < -0.39 is 41.3 Å². The predicted octanol–water partition coefficient (Wildman–Crippen LogP) is 8.67. The molecule has 2 fully saturated rings. The molecule has 1 aliphatic carbocycles. The van der Waals surface area contributed by atoms with E-state index in [-0.39, 0.29) is 13.2 Å². The highest BCUT2D eigenvalue weighted by Gasteiger charge is 2.58. The van der Waals surface area contributed by atoms with E-state index in [9.17, 15) is 19.2 Å². The molecule has 2 aromatic rings. The lowest BCUT2D eigenvalue weighted by molar-refractivity contribution is -0.149. The largest absolute Gasteiger partial charge is 0.494 e. The molecule has 1 saturated carbocycles. The SMILES string of the molecule is CCCCCCCCOc1ccc(OCCCCCCCC)c(NC(=O)C(C(=O)C2(C)CC2)N2C(=O)C(OCC)N(Cc3ccccc3)C2=O)c1. The second-order valence-electron chi connectivity index (χ2n) is 14.1. The van der Waals surface area contributed by atoms with Gasteiger partial charge in [-0.05, 0) is 50.3 Å². The van der Waals surface area contributed by atoms with E-state index in [2.05, 4.69) is 19.2 Å². The van der Waals surface area contributed by atoms with Gasteiger partial charge in [-0.2, -0.15) is 0 Å². The van der Waals surface area contributed by atoms with Crippen molar-refractivity contribution < 1.29 is 33.4 Å². The molecule has 10 heteroatoms. The van der Waals surface area contributed by atoms with Crippen molar-refractivity contribution in [1.29, 1.82) is 0 Å². The Bertz CT molecular complexity index is 1430. The summed E-state index contributed by atoms with van der Waals surface area (Å²) >= 11 is 0. The van der Waals surface area contributed by atoms with Crippen molar-refractivity contribution in [3.05, 3.63) is 54.1 Å². The van der Waals surface area contributed by atoms with Crippen LogP contribution in [0.3, 0.4) is 0 Å². The molecule has 10 nitrogen and oxygen atoms in total. The number of nitrogens with zero attached hydrogens (tertiary/aromatic N) is 2. The highest BCUT2D eigenvalue weighted by Crippen LogP contribution is 2.47. The normalized spacial score (nSPS) is 17.1. The van der Waals surface area contributed by atoms with Crippen LogP contribution in [0.15, 0.2) is 48.5 Å². The molecule has 4 rings (SSSR count). The van der Waals surface area contributed by atoms with Crippen LogP contribution in [-0.2, 0) is 25.7 Å². The molecule has 4 amide bonds. The second-order valence-corrected chi connectivity index (χ2v) is 14.1. The lowest BCUT2D eigenvalue weighted by atomic mass is 9.95. The number of anilines is 1. The Labute approximate surface area is 304 Å². The molecular weight excluding hydrogens is 646 g/mol. The lowest BCUT2D eigenvalue weighted by Gasteiger charge is -2.27. The van der Waals surface area contributed by atoms with Crippen LogP contribution in [0.1, 0.15) is 123 Å². The number of ether oxygens (including phenoxy) is 3. The lowest BCUT2D eigenvalue weighted by Crippen LogP contribution is -2.54. The van der Waals surface area contributed by atoms with Crippen LogP contribution in [0.5, 0.6) is 11.5 Å². The third-order valence-electron chi connectivity index (χ3n) is 9.78. The van der Waals surface area contributed by atoms with Gasteiger partial charge in [-0.1, -0.05) is 115 Å². The molecule has 2 aliphatic rings. The maximum absolute atomic E-state index is 14.3. The minimum absolute atomic E-state index is 0.0841. The first-order chi connectivity index (χ1) is 24.7. The molecule has 1 aliphatic heterocycles. The van der Waals surface area contributed by atoms with Crippen LogP contribution in [0.2, 0.25) is 0 Å². The van der Waals surface area contributed by atoms with Crippen molar-refractivity contribution in [2.75, 3.05) is 25.1 Å². The van der Waals surface area contributed by atoms with E-state index in [0.29, 0.717) is 43.2 Å². The quantitative estimate of drug-likeness (QED) is 0.0625. The summed E-state index contributed by atoms with van der Waals surface area (Å²) in [5.41, 5.74) is 0.304. The van der Waals surface area contributed by atoms with E-state index in [1.807, 2.05) is 36.4 Å². The zero-order chi connectivity index (χ0) is 36.6. The molecule has 1 N–H and O–H groups in total. The van der Waals surface area contributed by atoms with Gasteiger partial charge in [-0.15, -0.1) is 0 Å². The Kier molecular flexibility index (Phi) is 15.8. The molecule has 0 aromatic heterocycles. The Morgan fingerprint density at radius 2 is 1.43 bits per heavy atom. The second kappa shape index (κ2) is 20.2. The molecule has 0 spiro atoms. The van der Waals surface area contributed by atoms with Gasteiger partial charge in [-0.3, -0.25) is 19.3 Å². The van der Waals surface area contributed by atoms with Crippen LogP contribution in [0, 0.1) is 5.41 Å². The van der Waals surface area contributed by atoms with Crippen LogP contribution >= 0.6 is 0 Å². The first-order valence-electron chi connectivity index (χ1n) is 19.3. The topological polar surface area (TPSA) is 114 Å². The summed E-state index contributed by atoms with van der Waals surface area (Å²) in [6, 6.07) is 12.1. The molecule has 280 valence electrons. The Hall–Kier alpha value is -3.92. The average molecular weight is 706 g/mol. The Morgan fingerprint density at radius 3 is 2.04 bits per heavy atom. The number of nitrogens with one attached hydrogen (secondary N) is 1. The molecule has 2 aromatic carbocycles. The number of carbonyl (C=O) groups excluding carboxylic acids is 4. The minimum Gasteiger partial charge on any atom is -0.494 e. The van der Waals surface area contributed by atoms with Gasteiger partial charge in [0.25, 0.3) is 11.8 Å². The van der Waals surface area contributed by atoms with Crippen molar-refractivity contribution in [2.24, 2.45) is 5.41 Å². The van der Waals surface area contributed by atoms with E-state index >= 15 is 0 Å². The third-order valence-corrected chi connectivity index (χ3v) is 9.78. The summed E-state index contributed by atoms with van der Waals surface area (Å²) in [5, 5.41) is 2.88. The summed E-state index contributed by atoms with van der Waals surface area (Å²) in [4.78, 5) is 58.5. The number of unbranched alkanes of at least 4 members (excludes halogenated alkanes) is 10. The fourth-order valence-corrected chi connectivity index (χ4v) is 6.35. The zero-order valence-corrected chi connectivity index (χ0v) is 31.3. The van der Waals surface area contributed by atoms with Crippen LogP contribution in [-0.4, -0.2) is 65.5 Å². The monoisotopic (exact) mass is 705 g/mol. The number of benzene rings is 2. The van der Waals surface area contributed by atoms with E-state index in [1.54, 1.807) is 26.0 Å². The highest BCUT2D eigenvalue weighted by molar-refractivity contribution is 6.20. The molecule has 1 saturated heterocycles. The van der Waals surface area contributed by atoms with Gasteiger partial charge < -0.3 is 19.5 Å². The fourth-order valence-electron chi connectivity index (χ4n) is 6.35. The first-order valence-corrected chi connectivity index (χ1v) is 19.3. The number of urea groups is 1. The van der Waals surface area contributed by atoms with Crippen molar-refractivity contribution in [3.8, 4) is 11.5 Å². The van der Waals surface area contributed by atoms with Gasteiger partial charge in [0.2, 0.25) is 6.23 Å². The molecule has 1 heterocycles. The summed E-state index contributed by atoms with van der Waals surface area (Å²) in [7, 11) is 0. The van der Waals surface area contributed by atoms with Crippen molar-refractivity contribution in [1.82, 2.24) is 9.80 Å². The fraction of sp³-hybridized carbons (Fsp3) is 0.610. The minimum atomic E-state index is -1.68. The number of Topliss-reactive ketones (excluding diaryl/α,β-unsaturated/α-hetero) is 1. The van der Waals surface area contributed by atoms with Crippen molar-refractivity contribution >= 4 is 29.3 Å². The summed E-state index contributed by atoms with van der Waals surface area (Å²) < 4.78 is 18.0. The standard InChI is InChI=1S/C41H59N3O7/c1-5-8-10-12-14-19-27-50-32-23-24-34(51-28-20-15-13-11-9-6-2)33(29-32)42-37(46)35(36(45)41(4)25-26-41)44-38(47)39(49-7-3)43(40(44)48)30-31-21-17-16-18-22-31/h16-18,21-24,29,35,39H,5-15,19-20,25-28,30H2,1-4H3,(H,42,46). The van der Waals surface area contributed by atoms with Gasteiger partial charge in [0, 0.05) is 18.1 Å². The summed E-state index contributed by atoms with van der Waals surface area (Å²) in [6.45, 7) is 9.13. The van der Waals surface area contributed by atoms with Gasteiger partial charge in [0.15, 0.2) is 11.8 Å². The zero-order valence-electron chi connectivity index (χ0n) is 31.3. The Balaban J connectivity index is 1.56. The average Bonchev–Trinajstić information content (AvgIpc) is 3.85. The first kappa shape index (κ1) is 39.9. The van der Waals surface area contributed by atoms with Gasteiger partial charge in [-0.25, -0.2) is 9.69 Å². The van der Waals surface area contributed by atoms with E-state index in [4.69, 9.17) is 14.2 Å². The number of hydrogen-bond acceptors (Lipinski definition) is 7. The molecule has 2 unspecified atom stereocenters. The highest BCUT2D eigenvalue weighted by atomic mass is 16.5. The molecule has 0 radical (unpaired) electrons. The summed E-state index contributed by atoms with van der Waals surface area (Å²) in [5.74, 6) is -0.982. The number of hydrogen-bond donors (Lipinski definition) is 1. The summed E-state index contributed by atoms with van der Waals surface area (Å²) in [6.07, 6.45) is 13.3. The van der Waals surface area contributed by atoms with Crippen LogP contribution in [0.25, 0.3) is 0 Å². The van der Waals surface area contributed by atoms with E-state index in [0.717, 1.165) is 42.6 Å². The number of amides is 4. The van der Waals surface area contributed by atoms with Gasteiger partial charge in [0.1, 0.15) is 11.5 Å². The molecule has 0 bridgehead atoms. The molecular formula is C41H59N3O7. The smallest absolute Gasteiger partial charge is 0.330 e. The molecule has 51 heavy (non-hydrogen) atoms. The number of rotatable bonds is 25. The van der Waals surface area contributed by atoms with E-state index in [1.165, 1.54) is 49.8 Å². The maximum Gasteiger partial charge on any atom is 0.330 e. The number of carbonyl (C=O) groups is 4. The van der Waals surface area contributed by atoms with Crippen LogP contribution < -0.4 is 14.8 Å². The van der Waals surface area contributed by atoms with Gasteiger partial charge >= 0.3 is 6.03 Å². The van der Waals surface area contributed by atoms with Crippen molar-refractivity contribution in [2.45, 2.75) is 136 Å². The maximum atomic E-state index is 14.3. The Morgan fingerprint density at radius 1 is 0.824 bits per heavy atom. The van der Waals surface area contributed by atoms with Crippen LogP contribution in [0.4, 0.5) is 10.5 Å². The third kappa shape index (κ3) is 11.3. The number of imide groups is 1. The van der Waals surface area contributed by atoms with Gasteiger partial charge in [0.05, 0.1) is 25.4 Å².